The van der Waals surface area contributed by atoms with Crippen LogP contribution in [-0.4, -0.2) is 33.8 Å². The maximum absolute atomic E-state index is 13.9. The fourth-order valence-electron chi connectivity index (χ4n) is 4.24. The molecular weight excluding hydrogens is 476 g/mol. The molecule has 2 unspecified atom stereocenters. The number of rotatable bonds is 6. The summed E-state index contributed by atoms with van der Waals surface area (Å²) < 4.78 is 15.5. The Morgan fingerprint density at radius 3 is 2.91 bits per heavy atom. The zero-order valence-electron chi connectivity index (χ0n) is 18.6. The lowest BCUT2D eigenvalue weighted by molar-refractivity contribution is 0.0562. The summed E-state index contributed by atoms with van der Waals surface area (Å²) in [6, 6.07) is 12.8. The van der Waals surface area contributed by atoms with E-state index >= 15 is 0 Å². The van der Waals surface area contributed by atoms with Crippen LogP contribution < -0.4 is 15.5 Å². The molecule has 4 aromatic rings. The monoisotopic (exact) mass is 499 g/mol. The molecule has 5 rings (SSSR count). The number of benzene rings is 1. The normalized spacial score (nSPS) is 17.0. The van der Waals surface area contributed by atoms with Gasteiger partial charge in [-0.15, -0.1) is 0 Å². The van der Waals surface area contributed by atoms with Crippen molar-refractivity contribution in [3.05, 3.63) is 76.3 Å². The number of hydrogen-bond donors (Lipinski definition) is 2. The molecule has 9 heteroatoms. The molecule has 0 bridgehead atoms. The number of halogens is 3. The van der Waals surface area contributed by atoms with Crippen LogP contribution in [0.2, 0.25) is 10.0 Å². The summed E-state index contributed by atoms with van der Waals surface area (Å²) in [5, 5.41) is 7.23. The summed E-state index contributed by atoms with van der Waals surface area (Å²) in [5.41, 5.74) is 3.76. The van der Waals surface area contributed by atoms with Gasteiger partial charge < -0.3 is 15.5 Å². The number of pyridine rings is 2. The molecule has 0 aliphatic carbocycles. The van der Waals surface area contributed by atoms with Crippen LogP contribution in [0.15, 0.2) is 54.9 Å². The molecule has 1 saturated heterocycles. The van der Waals surface area contributed by atoms with Gasteiger partial charge in [-0.1, -0.05) is 23.2 Å². The first-order valence-electron chi connectivity index (χ1n) is 11.2. The van der Waals surface area contributed by atoms with Crippen molar-refractivity contribution in [3.8, 4) is 11.3 Å². The molecule has 176 valence electrons. The molecule has 1 aromatic carbocycles. The first kappa shape index (κ1) is 22.9. The predicted octanol–water partition coefficient (Wildman–Crippen LogP) is 5.90. The number of nitrogens with zero attached hydrogens (tertiary/aromatic N) is 3. The van der Waals surface area contributed by atoms with Gasteiger partial charge in [-0.05, 0) is 68.8 Å². The summed E-state index contributed by atoms with van der Waals surface area (Å²) in [4.78, 5) is 15.3. The van der Waals surface area contributed by atoms with E-state index in [0.29, 0.717) is 16.6 Å². The molecular formula is C25H24Cl2FN5O. The van der Waals surface area contributed by atoms with Gasteiger partial charge in [-0.2, -0.15) is 4.73 Å². The molecule has 1 fully saturated rings. The predicted molar refractivity (Wildman–Crippen MR) is 134 cm³/mol. The highest BCUT2D eigenvalue weighted by atomic mass is 35.5. The highest BCUT2D eigenvalue weighted by Gasteiger charge is 2.20. The number of anilines is 1. The van der Waals surface area contributed by atoms with Crippen LogP contribution in [0.4, 0.5) is 10.2 Å². The second-order valence-electron chi connectivity index (χ2n) is 8.36. The highest BCUT2D eigenvalue weighted by Crippen LogP contribution is 2.33. The molecule has 1 aliphatic heterocycles. The van der Waals surface area contributed by atoms with Gasteiger partial charge in [0.2, 0.25) is 0 Å². The molecule has 34 heavy (non-hydrogen) atoms. The minimum atomic E-state index is -0.575. The van der Waals surface area contributed by atoms with Crippen molar-refractivity contribution in [2.45, 2.75) is 31.9 Å². The summed E-state index contributed by atoms with van der Waals surface area (Å²) in [6.45, 7) is 3.78. The van der Waals surface area contributed by atoms with Crippen molar-refractivity contribution in [2.75, 3.05) is 18.4 Å². The van der Waals surface area contributed by atoms with Crippen molar-refractivity contribution < 1.29 is 9.23 Å². The van der Waals surface area contributed by atoms with Crippen molar-refractivity contribution in [1.82, 2.24) is 20.0 Å². The Morgan fingerprint density at radius 1 is 1.21 bits per heavy atom. The van der Waals surface area contributed by atoms with E-state index < -0.39 is 11.9 Å². The number of aromatic nitrogens is 3. The fraction of sp³-hybridized carbons (Fsp3) is 0.280. The van der Waals surface area contributed by atoms with Gasteiger partial charge in [0.05, 0.1) is 16.2 Å². The highest BCUT2D eigenvalue weighted by molar-refractivity contribution is 6.36. The molecule has 0 radical (unpaired) electrons. The third-order valence-electron chi connectivity index (χ3n) is 5.97. The van der Waals surface area contributed by atoms with Gasteiger partial charge in [0, 0.05) is 41.1 Å². The number of nitrogens with one attached hydrogen (secondary N) is 2. The molecule has 1 aliphatic rings. The van der Waals surface area contributed by atoms with Crippen molar-refractivity contribution >= 4 is 40.1 Å². The molecule has 2 N–H and O–H groups in total. The summed E-state index contributed by atoms with van der Waals surface area (Å²) in [6.07, 6.45) is 5.28. The Balaban J connectivity index is 1.37. The van der Waals surface area contributed by atoms with Gasteiger partial charge in [-0.25, -0.2) is 14.4 Å². The Kier molecular flexibility index (Phi) is 6.59. The molecule has 6 nitrogen and oxygen atoms in total. The number of fused-ring (bicyclic) bond motifs is 1. The third kappa shape index (κ3) is 4.69. The molecule has 2 atom stereocenters. The molecule has 3 aromatic heterocycles. The molecule has 0 spiro atoms. The third-order valence-corrected chi connectivity index (χ3v) is 6.68. The van der Waals surface area contributed by atoms with Crippen molar-refractivity contribution in [2.24, 2.45) is 0 Å². The van der Waals surface area contributed by atoms with Crippen molar-refractivity contribution in [3.63, 3.8) is 0 Å². The van der Waals surface area contributed by atoms with E-state index in [1.54, 1.807) is 24.0 Å². The quantitative estimate of drug-likeness (QED) is 0.323. The van der Waals surface area contributed by atoms with Crippen LogP contribution in [0.1, 0.15) is 31.4 Å². The van der Waals surface area contributed by atoms with Crippen LogP contribution in [-0.2, 0) is 0 Å². The zero-order valence-corrected chi connectivity index (χ0v) is 20.1. The Bertz CT molecular complexity index is 1320. The first-order valence-corrected chi connectivity index (χ1v) is 12.0. The Hall–Kier alpha value is -2.87. The fourth-order valence-corrected chi connectivity index (χ4v) is 4.92. The lowest BCUT2D eigenvalue weighted by Gasteiger charge is -2.24. The molecule has 4 heterocycles. The Labute approximate surface area is 207 Å². The van der Waals surface area contributed by atoms with Gasteiger partial charge in [0.15, 0.2) is 6.10 Å². The molecule has 0 saturated carbocycles. The minimum absolute atomic E-state index is 0.0389. The van der Waals surface area contributed by atoms with Crippen LogP contribution in [0.5, 0.6) is 0 Å². The summed E-state index contributed by atoms with van der Waals surface area (Å²) in [5.74, 6) is 0.304. The summed E-state index contributed by atoms with van der Waals surface area (Å²) in [7, 11) is 0. The van der Waals surface area contributed by atoms with E-state index in [-0.39, 0.29) is 5.02 Å². The van der Waals surface area contributed by atoms with Crippen LogP contribution in [0.3, 0.4) is 0 Å². The standard InChI is InChI=1S/C25H24Cl2FN5O/c1-15(24-18(26)4-5-19(28)25(24)27)34-33-12-9-21-22(33)7-6-20(32-21)16-8-11-30-23(13-16)31-17-3-2-10-29-14-17/h4-9,11-13,15,17,29H,2-3,10,14H2,1H3,(H,30,31). The average Bonchev–Trinajstić information content (AvgIpc) is 3.24. The van der Waals surface area contributed by atoms with E-state index in [4.69, 9.17) is 33.0 Å². The average molecular weight is 500 g/mol. The number of piperidine rings is 1. The van der Waals surface area contributed by atoms with Gasteiger partial charge in [-0.3, -0.25) is 0 Å². The van der Waals surface area contributed by atoms with E-state index in [2.05, 4.69) is 15.6 Å². The number of hydrogen-bond acceptors (Lipinski definition) is 5. The zero-order chi connectivity index (χ0) is 23.7. The lowest BCUT2D eigenvalue weighted by Crippen LogP contribution is -2.38. The van der Waals surface area contributed by atoms with Gasteiger partial charge >= 0.3 is 0 Å². The Morgan fingerprint density at radius 2 is 2.09 bits per heavy atom. The smallest absolute Gasteiger partial charge is 0.150 e. The first-order chi connectivity index (χ1) is 16.5. The molecule has 0 amide bonds. The van der Waals surface area contributed by atoms with E-state index in [1.807, 2.05) is 30.3 Å². The van der Waals surface area contributed by atoms with Crippen LogP contribution in [0.25, 0.3) is 22.3 Å². The minimum Gasteiger partial charge on any atom is -0.406 e. The van der Waals surface area contributed by atoms with Gasteiger partial charge in [0.1, 0.15) is 17.2 Å². The van der Waals surface area contributed by atoms with E-state index in [9.17, 15) is 4.39 Å². The van der Waals surface area contributed by atoms with E-state index in [1.165, 1.54) is 12.1 Å². The maximum Gasteiger partial charge on any atom is 0.150 e. The maximum atomic E-state index is 13.9. The van der Waals surface area contributed by atoms with Gasteiger partial charge in [0.25, 0.3) is 0 Å². The lowest BCUT2D eigenvalue weighted by atomic mass is 10.1. The van der Waals surface area contributed by atoms with Crippen molar-refractivity contribution in [1.29, 1.82) is 0 Å². The SMILES string of the molecule is CC(On1ccc2nc(-c3ccnc(NC4CCCNC4)c3)ccc21)c1c(Cl)ccc(F)c1Cl. The van der Waals surface area contributed by atoms with E-state index in [0.717, 1.165) is 54.0 Å². The largest absolute Gasteiger partial charge is 0.406 e. The van der Waals surface area contributed by atoms with Crippen LogP contribution in [0, 0.1) is 5.82 Å². The summed E-state index contributed by atoms with van der Waals surface area (Å²) >= 11 is 12.4. The second kappa shape index (κ2) is 9.78. The topological polar surface area (TPSA) is 64.0 Å². The second-order valence-corrected chi connectivity index (χ2v) is 9.15. The van der Waals surface area contributed by atoms with Crippen LogP contribution >= 0.6 is 23.2 Å².